The minimum atomic E-state index is -3.09. The summed E-state index contributed by atoms with van der Waals surface area (Å²) in [6.07, 6.45) is -14.9. The monoisotopic (exact) mass is 1180 g/mol. The van der Waals surface area contributed by atoms with E-state index < -0.39 is 256 Å². The molecule has 0 amide bonds. The third kappa shape index (κ3) is 7.60. The molecular formula is C55H38O30. The first-order valence-electron chi connectivity index (χ1n) is 24.7. The summed E-state index contributed by atoms with van der Waals surface area (Å²) in [5.74, 6) is -36.5. The standard InChI is InChI=1S/C55H38O30/c56-18-2-1-12(3-20(18)58)44-26(64)6-14-19(57)10-27-32(45(14)81-44)34-47-48(84-53(77)17-9-25(63)39(68)42(71)31(17)33-35(54(78)83-47)55(34,85-27)49(73)43(33)72)46-28(80-50(74)13-4-21(59)36(65)22(60)5-13)11-79-51(75)15-7-23(61)37(66)40(69)29(15)30-16(52(76)82-46)8-24(62)38(67)41(30)70/h1-5,7-10,26,28,34-35,44,46-48,56-72H,6,11H2/t26-,28+,34-,35+,44-,46-,47-,48+,55-/m1/s1. The number of Topliss-reactive ketones (excluding diaryl/α,β-unsaturated/α-hetero) is 1. The van der Waals surface area contributed by atoms with Gasteiger partial charge in [0, 0.05) is 45.9 Å². The molecule has 30 nitrogen and oxygen atoms in total. The Morgan fingerprint density at radius 2 is 1.07 bits per heavy atom. The number of phenolic OH excluding ortho intramolecular Hbond substituents is 15. The summed E-state index contributed by atoms with van der Waals surface area (Å²) >= 11 is 0. The summed E-state index contributed by atoms with van der Waals surface area (Å²) in [5.41, 5.74) is -12.8. The molecule has 5 heterocycles. The van der Waals surface area contributed by atoms with Crippen LogP contribution in [-0.4, -0.2) is 165 Å². The van der Waals surface area contributed by atoms with Crippen LogP contribution >= 0.6 is 0 Å². The summed E-state index contributed by atoms with van der Waals surface area (Å²) in [5, 5.41) is 187. The number of aliphatic hydroxyl groups excluding tert-OH is 2. The Morgan fingerprint density at radius 3 is 1.66 bits per heavy atom. The summed E-state index contributed by atoms with van der Waals surface area (Å²) in [6, 6.07) is 6.24. The van der Waals surface area contributed by atoms with Crippen molar-refractivity contribution in [2.24, 2.45) is 5.92 Å². The zero-order chi connectivity index (χ0) is 61.1. The maximum Gasteiger partial charge on any atom is 0.339 e. The molecule has 12 rings (SSSR count). The smallest absolute Gasteiger partial charge is 0.339 e. The van der Waals surface area contributed by atoms with E-state index in [0.717, 1.165) is 18.2 Å². The molecule has 0 unspecified atom stereocenters. The normalized spacial score (nSPS) is 24.5. The molecule has 1 fully saturated rings. The van der Waals surface area contributed by atoms with Gasteiger partial charge >= 0.3 is 29.8 Å². The number of benzene rings is 6. The molecule has 4 bridgehead atoms. The summed E-state index contributed by atoms with van der Waals surface area (Å²) in [4.78, 5) is 90.1. The quantitative estimate of drug-likeness (QED) is 0.0684. The Morgan fingerprint density at radius 1 is 0.529 bits per heavy atom. The number of carbonyl (C=O) groups is 6. The molecule has 6 aromatic carbocycles. The van der Waals surface area contributed by atoms with E-state index in [2.05, 4.69) is 0 Å². The molecule has 17 N–H and O–H groups in total. The van der Waals surface area contributed by atoms with Crippen LogP contribution in [0.2, 0.25) is 0 Å². The third-order valence-corrected chi connectivity index (χ3v) is 15.5. The summed E-state index contributed by atoms with van der Waals surface area (Å²) < 4.78 is 42.5. The highest BCUT2D eigenvalue weighted by molar-refractivity contribution is 6.21. The molecule has 6 aliphatic rings. The van der Waals surface area contributed by atoms with E-state index in [9.17, 15) is 96.4 Å². The van der Waals surface area contributed by atoms with Crippen molar-refractivity contribution in [2.75, 3.05) is 6.61 Å². The average Bonchev–Trinajstić information content (AvgIpc) is 1.52. The van der Waals surface area contributed by atoms with Gasteiger partial charge in [-0.3, -0.25) is 9.59 Å². The molecule has 30 heteroatoms. The number of hydrogen-bond donors (Lipinski definition) is 17. The number of hydrogen-bond acceptors (Lipinski definition) is 30. The third-order valence-electron chi connectivity index (χ3n) is 15.5. The number of aliphatic hydroxyl groups is 2. The summed E-state index contributed by atoms with van der Waals surface area (Å²) in [7, 11) is 0. The molecule has 1 spiro atoms. The topological polar surface area (TPSA) is 511 Å². The lowest BCUT2D eigenvalue weighted by Crippen LogP contribution is -2.65. The SMILES string of the molecule is O=C(O[C@H]1COC(=O)c2cc(O)c(O)c(O)c2-c2c(cc(O)c(O)c2O)C(=O)O[C@H]1[C@@H]1OC(=O)c2cc(O)c(O)c(O)c2C2=C(O)C(=O)[C@@]34Oc5cc(O)c6c(c5[C@@H]3[C@H]1OC(=O)[C@H]24)O[C@H](c1ccc(O)c(O)c1)[C@H](O)C6)c1cc(O)c(O)c(O)c1. The Hall–Kier alpha value is -11.6. The predicted octanol–water partition coefficient (Wildman–Crippen LogP) is 2.44. The van der Waals surface area contributed by atoms with Crippen molar-refractivity contribution in [3.8, 4) is 109 Å². The average molecular weight is 1180 g/mol. The second-order valence-electron chi connectivity index (χ2n) is 20.2. The number of ketones is 1. The van der Waals surface area contributed by atoms with Crippen molar-refractivity contribution in [3.05, 3.63) is 105 Å². The summed E-state index contributed by atoms with van der Waals surface area (Å²) in [6.45, 7) is -1.57. The van der Waals surface area contributed by atoms with Gasteiger partial charge in [-0.25, -0.2) is 19.2 Å². The molecular weight excluding hydrogens is 1140 g/mol. The van der Waals surface area contributed by atoms with Crippen LogP contribution in [0.25, 0.3) is 16.7 Å². The lowest BCUT2D eigenvalue weighted by atomic mass is 9.66. The fourth-order valence-electron chi connectivity index (χ4n) is 11.7. The van der Waals surface area contributed by atoms with E-state index in [1.54, 1.807) is 0 Å². The van der Waals surface area contributed by atoms with Gasteiger partial charge in [0.25, 0.3) is 0 Å². The highest BCUT2D eigenvalue weighted by atomic mass is 16.6. The van der Waals surface area contributed by atoms with Crippen molar-refractivity contribution < 1.29 is 149 Å². The van der Waals surface area contributed by atoms with E-state index in [1.165, 1.54) is 6.07 Å². The van der Waals surface area contributed by atoms with Crippen LogP contribution in [0.5, 0.6) is 97.7 Å². The van der Waals surface area contributed by atoms with Crippen LogP contribution in [0.4, 0.5) is 0 Å². The van der Waals surface area contributed by atoms with Crippen LogP contribution in [0, 0.1) is 5.92 Å². The zero-order valence-electron chi connectivity index (χ0n) is 42.1. The second kappa shape index (κ2) is 18.5. The van der Waals surface area contributed by atoms with Crippen molar-refractivity contribution in [2.45, 2.75) is 54.6 Å². The number of phenols is 15. The zero-order valence-corrected chi connectivity index (χ0v) is 42.1. The van der Waals surface area contributed by atoms with Crippen molar-refractivity contribution in [3.63, 3.8) is 0 Å². The van der Waals surface area contributed by atoms with Crippen molar-refractivity contribution >= 4 is 41.2 Å². The number of esters is 5. The minimum Gasteiger partial charge on any atom is -0.507 e. The van der Waals surface area contributed by atoms with Gasteiger partial charge in [0.2, 0.25) is 28.6 Å². The minimum absolute atomic E-state index is 0.0519. The molecule has 6 aromatic rings. The Labute approximate surface area is 469 Å². The second-order valence-corrected chi connectivity index (χ2v) is 20.2. The molecule has 9 atom stereocenters. The fourth-order valence-corrected chi connectivity index (χ4v) is 11.7. The van der Waals surface area contributed by atoms with E-state index >= 15 is 19.2 Å². The number of ether oxygens (including phenoxy) is 7. The van der Waals surface area contributed by atoms with E-state index in [1.807, 2.05) is 0 Å². The Kier molecular flexibility index (Phi) is 11.8. The highest BCUT2D eigenvalue weighted by Gasteiger charge is 2.76. The largest absolute Gasteiger partial charge is 0.507 e. The fraction of sp³-hybridized carbons (Fsp3) is 0.200. The van der Waals surface area contributed by atoms with Crippen molar-refractivity contribution in [1.29, 1.82) is 0 Å². The molecule has 85 heavy (non-hydrogen) atoms. The van der Waals surface area contributed by atoms with Crippen LogP contribution in [0.15, 0.2) is 60.4 Å². The van der Waals surface area contributed by atoms with Gasteiger partial charge in [0.15, 0.2) is 93.4 Å². The maximum absolute atomic E-state index is 15.4. The van der Waals surface area contributed by atoms with Crippen LogP contribution in [-0.2, 0) is 39.7 Å². The molecule has 5 aliphatic heterocycles. The van der Waals surface area contributed by atoms with Crippen LogP contribution < -0.4 is 9.47 Å². The first-order valence-corrected chi connectivity index (χ1v) is 24.7. The van der Waals surface area contributed by atoms with Crippen molar-refractivity contribution in [1.82, 2.24) is 0 Å². The number of cyclic esters (lactones) is 3. The number of fused-ring (bicyclic) bond motifs is 8. The molecule has 0 radical (unpaired) electrons. The van der Waals surface area contributed by atoms with Gasteiger partial charge in [0.1, 0.15) is 35.9 Å². The lowest BCUT2D eigenvalue weighted by molar-refractivity contribution is -0.200. The Balaban J connectivity index is 1.15. The van der Waals surface area contributed by atoms with E-state index in [-0.39, 0.29) is 11.1 Å². The van der Waals surface area contributed by atoms with E-state index in [4.69, 9.17) is 33.2 Å². The number of rotatable bonds is 4. The maximum atomic E-state index is 15.4. The van der Waals surface area contributed by atoms with E-state index in [0.29, 0.717) is 30.3 Å². The van der Waals surface area contributed by atoms with Gasteiger partial charge in [-0.2, -0.15) is 0 Å². The van der Waals surface area contributed by atoms with Gasteiger partial charge < -0.3 is 120 Å². The predicted molar refractivity (Wildman–Crippen MR) is 268 cm³/mol. The highest BCUT2D eigenvalue weighted by Crippen LogP contribution is 2.67. The van der Waals surface area contributed by atoms with Gasteiger partial charge in [-0.1, -0.05) is 6.07 Å². The molecule has 1 aliphatic carbocycles. The Bertz CT molecular complexity index is 4100. The van der Waals surface area contributed by atoms with Gasteiger partial charge in [0.05, 0.1) is 34.3 Å². The molecule has 1 saturated heterocycles. The molecule has 0 aromatic heterocycles. The van der Waals surface area contributed by atoms with Gasteiger partial charge in [-0.05, 0) is 48.0 Å². The van der Waals surface area contributed by atoms with Gasteiger partial charge in [-0.15, -0.1) is 0 Å². The molecule has 438 valence electrons. The van der Waals surface area contributed by atoms with Crippen LogP contribution in [0.1, 0.15) is 75.7 Å². The lowest BCUT2D eigenvalue weighted by Gasteiger charge is -2.47. The number of carbonyl (C=O) groups excluding carboxylic acids is 6. The molecule has 0 saturated carbocycles. The first kappa shape index (κ1) is 54.0. The van der Waals surface area contributed by atoms with Crippen LogP contribution in [0.3, 0.4) is 0 Å². The number of aromatic hydroxyl groups is 15. The first-order chi connectivity index (χ1) is 40.2.